The molecule has 1 aliphatic rings. The summed E-state index contributed by atoms with van der Waals surface area (Å²) in [7, 11) is 6.81. The molecule has 0 aromatic rings. The zero-order chi connectivity index (χ0) is 30.3. The molecule has 224 valence electrons. The van der Waals surface area contributed by atoms with Crippen LogP contribution >= 0.6 is 0 Å². The van der Waals surface area contributed by atoms with Gasteiger partial charge >= 0.3 is 6.09 Å². The van der Waals surface area contributed by atoms with Crippen LogP contribution in [0.1, 0.15) is 67.7 Å². The fraction of sp³-hybridized carbons (Fsp3) is 0.815. The summed E-state index contributed by atoms with van der Waals surface area (Å²) in [4.78, 5) is 69.7. The van der Waals surface area contributed by atoms with Crippen molar-refractivity contribution in [1.82, 2.24) is 30.7 Å². The van der Waals surface area contributed by atoms with Crippen molar-refractivity contribution in [3.63, 3.8) is 0 Å². The van der Waals surface area contributed by atoms with Crippen molar-refractivity contribution in [1.29, 1.82) is 0 Å². The van der Waals surface area contributed by atoms with E-state index in [2.05, 4.69) is 16.0 Å². The molecule has 1 rings (SSSR count). The zero-order valence-corrected chi connectivity index (χ0v) is 25.6. The van der Waals surface area contributed by atoms with Crippen molar-refractivity contribution in [3.8, 4) is 0 Å². The van der Waals surface area contributed by atoms with Gasteiger partial charge < -0.3 is 35.4 Å². The Morgan fingerprint density at radius 3 is 2.03 bits per heavy atom. The molecule has 0 radical (unpaired) electrons. The SMILES string of the molecule is CC(C)C[C@H](NC(=O)C(C)(C)NC(=O)[C@H]1CCCN1C(=O)[C@H](CN(C)C)NC(=O)OC(C)(C)C)C(=O)N(C)C. The van der Waals surface area contributed by atoms with E-state index in [4.69, 9.17) is 4.74 Å². The van der Waals surface area contributed by atoms with Gasteiger partial charge in [-0.2, -0.15) is 0 Å². The lowest BCUT2D eigenvalue weighted by Crippen LogP contribution is -2.62. The number of nitrogens with one attached hydrogen (secondary N) is 3. The number of carbonyl (C=O) groups excluding carboxylic acids is 5. The molecule has 1 heterocycles. The minimum atomic E-state index is -1.34. The number of likely N-dealkylation sites (tertiary alicyclic amines) is 1. The average molecular weight is 555 g/mol. The topological polar surface area (TPSA) is 140 Å². The Morgan fingerprint density at radius 1 is 0.949 bits per heavy atom. The van der Waals surface area contributed by atoms with E-state index in [1.54, 1.807) is 67.7 Å². The lowest BCUT2D eigenvalue weighted by atomic mass is 9.99. The highest BCUT2D eigenvalue weighted by Crippen LogP contribution is 2.20. The maximum Gasteiger partial charge on any atom is 0.408 e. The van der Waals surface area contributed by atoms with Gasteiger partial charge in [-0.1, -0.05) is 13.8 Å². The number of carbonyl (C=O) groups is 5. The molecule has 1 saturated heterocycles. The molecule has 12 nitrogen and oxygen atoms in total. The smallest absolute Gasteiger partial charge is 0.408 e. The van der Waals surface area contributed by atoms with Crippen LogP contribution in [0.2, 0.25) is 0 Å². The molecular formula is C27H50N6O6. The highest BCUT2D eigenvalue weighted by Gasteiger charge is 2.41. The Morgan fingerprint density at radius 2 is 1.54 bits per heavy atom. The third kappa shape index (κ3) is 11.0. The largest absolute Gasteiger partial charge is 0.444 e. The second-order valence-electron chi connectivity index (χ2n) is 12.7. The Kier molecular flexibility index (Phi) is 12.2. The summed E-state index contributed by atoms with van der Waals surface area (Å²) in [5.41, 5.74) is -2.07. The normalized spacial score (nSPS) is 17.5. The average Bonchev–Trinajstić information content (AvgIpc) is 3.24. The molecule has 1 aliphatic heterocycles. The molecule has 0 saturated carbocycles. The Balaban J connectivity index is 3.01. The number of amides is 5. The molecule has 39 heavy (non-hydrogen) atoms. The lowest BCUT2D eigenvalue weighted by molar-refractivity contribution is -0.142. The van der Waals surface area contributed by atoms with Crippen LogP contribution < -0.4 is 16.0 Å². The maximum atomic E-state index is 13.5. The maximum absolute atomic E-state index is 13.5. The molecule has 0 spiro atoms. The molecular weight excluding hydrogens is 504 g/mol. The van der Waals surface area contributed by atoms with Crippen LogP contribution in [0.5, 0.6) is 0 Å². The molecule has 3 N–H and O–H groups in total. The lowest BCUT2D eigenvalue weighted by Gasteiger charge is -2.33. The van der Waals surface area contributed by atoms with Gasteiger partial charge in [0.15, 0.2) is 0 Å². The predicted octanol–water partition coefficient (Wildman–Crippen LogP) is 0.946. The monoisotopic (exact) mass is 554 g/mol. The number of hydrogen-bond donors (Lipinski definition) is 3. The Labute approximate surface area is 233 Å². The first-order chi connectivity index (χ1) is 17.7. The molecule has 0 aliphatic carbocycles. The summed E-state index contributed by atoms with van der Waals surface area (Å²) in [6.45, 7) is 12.8. The minimum absolute atomic E-state index is 0.166. The standard InChI is InChI=1S/C27H50N6O6/c1-17(2)15-18(22(35)32(10)11)28-24(37)27(6,7)30-21(34)20-13-12-14-33(20)23(36)19(16-31(8)9)29-25(38)39-26(3,4)5/h17-20H,12-16H2,1-11H3,(H,28,37)(H,29,38)(H,30,34)/t18-,19-,20+/m0/s1. The van der Waals surface area contributed by atoms with Crippen molar-refractivity contribution in [3.05, 3.63) is 0 Å². The highest BCUT2D eigenvalue weighted by atomic mass is 16.6. The number of nitrogens with zero attached hydrogens (tertiary/aromatic N) is 3. The van der Waals surface area contributed by atoms with Gasteiger partial charge in [0.2, 0.25) is 23.6 Å². The van der Waals surface area contributed by atoms with Crippen LogP contribution in [0.3, 0.4) is 0 Å². The molecule has 3 atom stereocenters. The van der Waals surface area contributed by atoms with E-state index in [-0.39, 0.29) is 18.4 Å². The number of rotatable bonds is 11. The van der Waals surface area contributed by atoms with Crippen molar-refractivity contribution in [2.24, 2.45) is 5.92 Å². The number of ether oxygens (including phenoxy) is 1. The highest BCUT2D eigenvalue weighted by molar-refractivity contribution is 5.97. The van der Waals surface area contributed by atoms with E-state index >= 15 is 0 Å². The van der Waals surface area contributed by atoms with Crippen LogP contribution in [0.4, 0.5) is 4.79 Å². The number of hydrogen-bond acceptors (Lipinski definition) is 7. The van der Waals surface area contributed by atoms with Gasteiger partial charge in [-0.25, -0.2) is 4.79 Å². The third-order valence-corrected chi connectivity index (χ3v) is 6.13. The van der Waals surface area contributed by atoms with E-state index in [1.165, 1.54) is 9.80 Å². The van der Waals surface area contributed by atoms with Gasteiger partial charge in [-0.3, -0.25) is 19.2 Å². The number of alkyl carbamates (subject to hydrolysis) is 1. The molecule has 0 aromatic heterocycles. The summed E-state index contributed by atoms with van der Waals surface area (Å²) in [5.74, 6) is -1.43. The van der Waals surface area contributed by atoms with Crippen LogP contribution in [0.15, 0.2) is 0 Å². The van der Waals surface area contributed by atoms with Crippen molar-refractivity contribution in [2.75, 3.05) is 41.3 Å². The van der Waals surface area contributed by atoms with E-state index in [0.29, 0.717) is 25.8 Å². The fourth-order valence-electron chi connectivity index (χ4n) is 4.29. The van der Waals surface area contributed by atoms with Gasteiger partial charge in [0.1, 0.15) is 29.3 Å². The van der Waals surface area contributed by atoms with E-state index in [9.17, 15) is 24.0 Å². The van der Waals surface area contributed by atoms with Crippen molar-refractivity contribution < 1.29 is 28.7 Å². The Hall–Kier alpha value is -2.89. The van der Waals surface area contributed by atoms with E-state index < -0.39 is 53.1 Å². The van der Waals surface area contributed by atoms with Gasteiger partial charge in [0.05, 0.1) is 0 Å². The molecule has 0 unspecified atom stereocenters. The van der Waals surface area contributed by atoms with E-state index in [0.717, 1.165) is 0 Å². The molecule has 0 bridgehead atoms. The quantitative estimate of drug-likeness (QED) is 0.345. The third-order valence-electron chi connectivity index (χ3n) is 6.13. The van der Waals surface area contributed by atoms with Crippen molar-refractivity contribution >= 4 is 29.7 Å². The molecule has 0 aromatic carbocycles. The predicted molar refractivity (Wildman–Crippen MR) is 149 cm³/mol. The Bertz CT molecular complexity index is 896. The van der Waals surface area contributed by atoms with Crippen LogP contribution in [-0.4, -0.2) is 115 Å². The van der Waals surface area contributed by atoms with Crippen molar-refractivity contribution in [2.45, 2.75) is 97.0 Å². The fourth-order valence-corrected chi connectivity index (χ4v) is 4.29. The van der Waals surface area contributed by atoms with Crippen LogP contribution in [0, 0.1) is 5.92 Å². The second kappa shape index (κ2) is 14.0. The summed E-state index contributed by atoms with van der Waals surface area (Å²) in [5, 5.41) is 8.19. The number of likely N-dealkylation sites (N-methyl/N-ethyl adjacent to an activating group) is 2. The summed E-state index contributed by atoms with van der Waals surface area (Å²) in [6, 6.07) is -2.45. The van der Waals surface area contributed by atoms with Gasteiger partial charge in [-0.05, 0) is 73.9 Å². The summed E-state index contributed by atoms with van der Waals surface area (Å²) < 4.78 is 5.33. The van der Waals surface area contributed by atoms with Crippen LogP contribution in [-0.2, 0) is 23.9 Å². The summed E-state index contributed by atoms with van der Waals surface area (Å²) in [6.07, 6.45) is 0.760. The minimum Gasteiger partial charge on any atom is -0.444 e. The van der Waals surface area contributed by atoms with E-state index in [1.807, 2.05) is 13.8 Å². The van der Waals surface area contributed by atoms with Gasteiger partial charge in [0, 0.05) is 27.2 Å². The van der Waals surface area contributed by atoms with Gasteiger partial charge in [-0.15, -0.1) is 0 Å². The summed E-state index contributed by atoms with van der Waals surface area (Å²) >= 11 is 0. The molecule has 1 fully saturated rings. The van der Waals surface area contributed by atoms with Gasteiger partial charge in [0.25, 0.3) is 0 Å². The first-order valence-electron chi connectivity index (χ1n) is 13.5. The molecule has 5 amide bonds. The molecule has 12 heteroatoms. The first-order valence-corrected chi connectivity index (χ1v) is 13.5. The zero-order valence-electron chi connectivity index (χ0n) is 25.6. The first kappa shape index (κ1) is 34.1. The van der Waals surface area contributed by atoms with Crippen LogP contribution in [0.25, 0.3) is 0 Å². The second-order valence-corrected chi connectivity index (χ2v) is 12.7.